The number of carbonyl (C=O) groups excluding carboxylic acids is 2. The Labute approximate surface area is 115 Å². The molecule has 0 bridgehead atoms. The summed E-state index contributed by atoms with van der Waals surface area (Å²) < 4.78 is 0. The van der Waals surface area contributed by atoms with E-state index in [1.165, 1.54) is 5.56 Å². The second kappa shape index (κ2) is 6.14. The fraction of sp³-hybridized carbons (Fsp3) is 0.529. The molecule has 1 fully saturated rings. The minimum absolute atomic E-state index is 0.0497. The first kappa shape index (κ1) is 14.0. The van der Waals surface area contributed by atoms with E-state index in [9.17, 15) is 9.59 Å². The van der Waals surface area contributed by atoms with Gasteiger partial charge in [0, 0.05) is 24.3 Å². The van der Waals surface area contributed by atoms with Gasteiger partial charge < -0.3 is 0 Å². The van der Waals surface area contributed by atoms with Crippen LogP contribution in [0.1, 0.15) is 55.5 Å². The quantitative estimate of drug-likeness (QED) is 0.769. The molecule has 0 heterocycles. The van der Waals surface area contributed by atoms with Gasteiger partial charge >= 0.3 is 0 Å². The van der Waals surface area contributed by atoms with E-state index in [2.05, 4.69) is 26.0 Å². The summed E-state index contributed by atoms with van der Waals surface area (Å²) in [4.78, 5) is 23.5. The fourth-order valence-electron chi connectivity index (χ4n) is 2.71. The van der Waals surface area contributed by atoms with E-state index in [1.807, 2.05) is 12.1 Å². The first-order valence-electron chi connectivity index (χ1n) is 7.21. The molecule has 1 aliphatic rings. The summed E-state index contributed by atoms with van der Waals surface area (Å²) in [6.07, 6.45) is 3.65. The first-order chi connectivity index (χ1) is 9.06. The average Bonchev–Trinajstić information content (AvgIpc) is 2.39. The standard InChI is InChI=1S/C17H22O2/c1-12(2)11-13-3-5-14(6-4-13)17(19)15-7-9-16(18)10-8-15/h3-6,12,15H,7-11H2,1-2H3. The lowest BCUT2D eigenvalue weighted by Crippen LogP contribution is -2.21. The first-order valence-corrected chi connectivity index (χ1v) is 7.21. The van der Waals surface area contributed by atoms with Crippen LogP contribution >= 0.6 is 0 Å². The molecule has 19 heavy (non-hydrogen) atoms. The Morgan fingerprint density at radius 1 is 1.16 bits per heavy atom. The van der Waals surface area contributed by atoms with Crippen LogP contribution < -0.4 is 0 Å². The molecule has 1 aromatic carbocycles. The van der Waals surface area contributed by atoms with E-state index in [-0.39, 0.29) is 11.7 Å². The van der Waals surface area contributed by atoms with Crippen molar-refractivity contribution in [1.29, 1.82) is 0 Å². The SMILES string of the molecule is CC(C)Cc1ccc(C(=O)C2CCC(=O)CC2)cc1. The lowest BCUT2D eigenvalue weighted by atomic mass is 9.83. The van der Waals surface area contributed by atoms with Crippen molar-refractivity contribution < 1.29 is 9.59 Å². The number of ketones is 2. The molecule has 2 heteroatoms. The van der Waals surface area contributed by atoms with E-state index in [0.29, 0.717) is 24.5 Å². The van der Waals surface area contributed by atoms with Gasteiger partial charge in [0.2, 0.25) is 0 Å². The lowest BCUT2D eigenvalue weighted by molar-refractivity contribution is -0.120. The summed E-state index contributed by atoms with van der Waals surface area (Å²) in [6, 6.07) is 8.00. The molecule has 0 spiro atoms. The normalized spacial score (nSPS) is 16.9. The monoisotopic (exact) mass is 258 g/mol. The van der Waals surface area contributed by atoms with Gasteiger partial charge in [-0.3, -0.25) is 9.59 Å². The molecule has 0 N–H and O–H groups in total. The molecule has 1 saturated carbocycles. The van der Waals surface area contributed by atoms with E-state index in [0.717, 1.165) is 24.8 Å². The predicted octanol–water partition coefficient (Wildman–Crippen LogP) is 3.83. The maximum Gasteiger partial charge on any atom is 0.165 e. The number of Topliss-reactive ketones (excluding diaryl/α,β-unsaturated/α-hetero) is 2. The minimum Gasteiger partial charge on any atom is -0.300 e. The highest BCUT2D eigenvalue weighted by Crippen LogP contribution is 2.25. The molecule has 0 aliphatic heterocycles. The molecular weight excluding hydrogens is 236 g/mol. The summed E-state index contributed by atoms with van der Waals surface area (Å²) in [5.74, 6) is 1.19. The zero-order chi connectivity index (χ0) is 13.8. The second-order valence-corrected chi connectivity index (χ2v) is 5.97. The smallest absolute Gasteiger partial charge is 0.165 e. The molecule has 0 radical (unpaired) electrons. The molecule has 2 rings (SSSR count). The van der Waals surface area contributed by atoms with Crippen LogP contribution in [0.25, 0.3) is 0 Å². The molecule has 0 aromatic heterocycles. The van der Waals surface area contributed by atoms with Crippen molar-refractivity contribution in [2.24, 2.45) is 11.8 Å². The Kier molecular flexibility index (Phi) is 4.52. The van der Waals surface area contributed by atoms with Crippen LogP contribution in [0.4, 0.5) is 0 Å². The van der Waals surface area contributed by atoms with Crippen molar-refractivity contribution in [3.8, 4) is 0 Å². The highest BCUT2D eigenvalue weighted by molar-refractivity contribution is 5.98. The Bertz CT molecular complexity index is 447. The number of hydrogen-bond acceptors (Lipinski definition) is 2. The third kappa shape index (κ3) is 3.76. The van der Waals surface area contributed by atoms with Gasteiger partial charge in [-0.2, -0.15) is 0 Å². The zero-order valence-electron chi connectivity index (χ0n) is 11.8. The van der Waals surface area contributed by atoms with Crippen molar-refractivity contribution >= 4 is 11.6 Å². The Morgan fingerprint density at radius 2 is 1.74 bits per heavy atom. The van der Waals surface area contributed by atoms with Gasteiger partial charge in [-0.15, -0.1) is 0 Å². The molecule has 0 atom stereocenters. The average molecular weight is 258 g/mol. The summed E-state index contributed by atoms with van der Waals surface area (Å²) in [5, 5.41) is 0. The third-order valence-electron chi connectivity index (χ3n) is 3.80. The fourth-order valence-corrected chi connectivity index (χ4v) is 2.71. The maximum absolute atomic E-state index is 12.3. The predicted molar refractivity (Wildman–Crippen MR) is 76.3 cm³/mol. The Balaban J connectivity index is 2.01. The van der Waals surface area contributed by atoms with Gasteiger partial charge in [-0.1, -0.05) is 38.1 Å². The van der Waals surface area contributed by atoms with Crippen molar-refractivity contribution in [2.75, 3.05) is 0 Å². The van der Waals surface area contributed by atoms with Gasteiger partial charge in [0.15, 0.2) is 5.78 Å². The van der Waals surface area contributed by atoms with Gasteiger partial charge in [0.1, 0.15) is 5.78 Å². The van der Waals surface area contributed by atoms with Crippen LogP contribution in [-0.4, -0.2) is 11.6 Å². The zero-order valence-corrected chi connectivity index (χ0v) is 11.8. The molecule has 0 amide bonds. The third-order valence-corrected chi connectivity index (χ3v) is 3.80. The van der Waals surface area contributed by atoms with Crippen molar-refractivity contribution in [3.05, 3.63) is 35.4 Å². The van der Waals surface area contributed by atoms with E-state index < -0.39 is 0 Å². The van der Waals surface area contributed by atoms with Crippen molar-refractivity contribution in [1.82, 2.24) is 0 Å². The highest BCUT2D eigenvalue weighted by atomic mass is 16.1. The Morgan fingerprint density at radius 3 is 2.26 bits per heavy atom. The summed E-state index contributed by atoms with van der Waals surface area (Å²) in [7, 11) is 0. The van der Waals surface area contributed by atoms with Crippen LogP contribution in [0.3, 0.4) is 0 Å². The highest BCUT2D eigenvalue weighted by Gasteiger charge is 2.25. The van der Waals surface area contributed by atoms with Gasteiger partial charge in [-0.05, 0) is 30.7 Å². The van der Waals surface area contributed by atoms with Crippen molar-refractivity contribution in [2.45, 2.75) is 46.0 Å². The van der Waals surface area contributed by atoms with Gasteiger partial charge in [0.05, 0.1) is 0 Å². The molecule has 1 aromatic rings. The Hall–Kier alpha value is -1.44. The van der Waals surface area contributed by atoms with Crippen molar-refractivity contribution in [3.63, 3.8) is 0 Å². The van der Waals surface area contributed by atoms with Crippen LogP contribution in [0.5, 0.6) is 0 Å². The topological polar surface area (TPSA) is 34.1 Å². The summed E-state index contributed by atoms with van der Waals surface area (Å²) in [6.45, 7) is 4.39. The van der Waals surface area contributed by atoms with Crippen LogP contribution in [0.2, 0.25) is 0 Å². The van der Waals surface area contributed by atoms with E-state index in [4.69, 9.17) is 0 Å². The summed E-state index contributed by atoms with van der Waals surface area (Å²) in [5.41, 5.74) is 2.08. The molecule has 2 nitrogen and oxygen atoms in total. The second-order valence-electron chi connectivity index (χ2n) is 5.97. The number of carbonyl (C=O) groups is 2. The van der Waals surface area contributed by atoms with E-state index >= 15 is 0 Å². The number of benzene rings is 1. The molecule has 0 saturated heterocycles. The number of hydrogen-bond donors (Lipinski definition) is 0. The lowest BCUT2D eigenvalue weighted by Gasteiger charge is -2.19. The van der Waals surface area contributed by atoms with Crippen LogP contribution in [0, 0.1) is 11.8 Å². The van der Waals surface area contributed by atoms with Crippen LogP contribution in [0.15, 0.2) is 24.3 Å². The molecule has 102 valence electrons. The molecule has 1 aliphatic carbocycles. The van der Waals surface area contributed by atoms with Gasteiger partial charge in [0.25, 0.3) is 0 Å². The molecule has 0 unspecified atom stereocenters. The number of rotatable bonds is 4. The van der Waals surface area contributed by atoms with Gasteiger partial charge in [-0.25, -0.2) is 0 Å². The maximum atomic E-state index is 12.3. The van der Waals surface area contributed by atoms with Crippen LogP contribution in [-0.2, 0) is 11.2 Å². The largest absolute Gasteiger partial charge is 0.300 e. The minimum atomic E-state index is 0.0497. The van der Waals surface area contributed by atoms with E-state index in [1.54, 1.807) is 0 Å². The summed E-state index contributed by atoms with van der Waals surface area (Å²) >= 11 is 0. The molecular formula is C17H22O2.